The number of rotatable bonds is 14. The van der Waals surface area contributed by atoms with Gasteiger partial charge in [-0.3, -0.25) is 24.2 Å². The summed E-state index contributed by atoms with van der Waals surface area (Å²) in [6.45, 7) is 2.32. The molecule has 0 saturated carbocycles. The predicted molar refractivity (Wildman–Crippen MR) is 111 cm³/mol. The molecule has 0 spiro atoms. The van der Waals surface area contributed by atoms with E-state index in [4.69, 9.17) is 18.9 Å². The third-order valence-corrected chi connectivity index (χ3v) is 4.50. The summed E-state index contributed by atoms with van der Waals surface area (Å²) in [5.74, 6) is -1.15. The van der Waals surface area contributed by atoms with Crippen LogP contribution in [0.15, 0.2) is 0 Å². The maximum Gasteiger partial charge on any atom is 0.322 e. The highest BCUT2D eigenvalue weighted by Crippen LogP contribution is 2.25. The number of carbonyl (C=O) groups excluding carboxylic acids is 3. The highest BCUT2D eigenvalue weighted by atomic mass is 16.7. The van der Waals surface area contributed by atoms with Crippen LogP contribution in [-0.4, -0.2) is 94.1 Å². The van der Waals surface area contributed by atoms with Crippen molar-refractivity contribution in [1.82, 2.24) is 9.80 Å². The third-order valence-electron chi connectivity index (χ3n) is 4.50. The van der Waals surface area contributed by atoms with E-state index in [1.165, 1.54) is 0 Å². The van der Waals surface area contributed by atoms with E-state index in [0.717, 1.165) is 32.1 Å². The van der Waals surface area contributed by atoms with Crippen LogP contribution in [-0.2, 0) is 33.3 Å². The van der Waals surface area contributed by atoms with Gasteiger partial charge in [0.2, 0.25) is 6.29 Å². The Morgan fingerprint density at radius 3 is 2.13 bits per heavy atom. The van der Waals surface area contributed by atoms with Gasteiger partial charge in [0, 0.05) is 6.42 Å². The van der Waals surface area contributed by atoms with Gasteiger partial charge in [-0.2, -0.15) is 0 Å². The van der Waals surface area contributed by atoms with E-state index in [2.05, 4.69) is 6.92 Å². The van der Waals surface area contributed by atoms with Gasteiger partial charge in [-0.1, -0.05) is 32.6 Å². The van der Waals surface area contributed by atoms with Crippen LogP contribution in [0.1, 0.15) is 51.9 Å². The Morgan fingerprint density at radius 1 is 0.867 bits per heavy atom. The summed E-state index contributed by atoms with van der Waals surface area (Å²) in [4.78, 5) is 39.4. The van der Waals surface area contributed by atoms with Crippen molar-refractivity contribution in [1.29, 1.82) is 0 Å². The van der Waals surface area contributed by atoms with Crippen LogP contribution >= 0.6 is 0 Å². The summed E-state index contributed by atoms with van der Waals surface area (Å²) in [6.07, 6.45) is 3.58. The molecule has 1 heterocycles. The molecule has 0 aromatic rings. The van der Waals surface area contributed by atoms with Gasteiger partial charge < -0.3 is 18.9 Å². The minimum Gasteiger partial charge on any atom is -0.462 e. The minimum atomic E-state index is -0.836. The molecule has 0 unspecified atom stereocenters. The first-order chi connectivity index (χ1) is 14.2. The quantitative estimate of drug-likeness (QED) is 0.231. The topological polar surface area (TPSA) is 94.6 Å². The molecular formula is C21H38N2O7. The van der Waals surface area contributed by atoms with Crippen molar-refractivity contribution in [2.75, 3.05) is 47.9 Å². The summed E-state index contributed by atoms with van der Waals surface area (Å²) < 4.78 is 21.8. The molecule has 30 heavy (non-hydrogen) atoms. The van der Waals surface area contributed by atoms with Crippen LogP contribution in [0.25, 0.3) is 0 Å². The van der Waals surface area contributed by atoms with Crippen molar-refractivity contribution in [3.63, 3.8) is 0 Å². The molecule has 1 rings (SSSR count). The number of unbranched alkanes of at least 4 members (excludes halogenated alkanes) is 4. The van der Waals surface area contributed by atoms with Gasteiger partial charge in [0.05, 0.1) is 19.5 Å². The molecular weight excluding hydrogens is 392 g/mol. The fourth-order valence-corrected chi connectivity index (χ4v) is 3.05. The van der Waals surface area contributed by atoms with Crippen LogP contribution < -0.4 is 0 Å². The summed E-state index contributed by atoms with van der Waals surface area (Å²) in [5.41, 5.74) is 0. The van der Waals surface area contributed by atoms with Crippen LogP contribution in [0.4, 0.5) is 0 Å². The van der Waals surface area contributed by atoms with E-state index >= 15 is 0 Å². The number of esters is 3. The molecule has 1 aliphatic rings. The second-order valence-electron chi connectivity index (χ2n) is 8.18. The Bertz CT molecular complexity index is 539. The van der Waals surface area contributed by atoms with Gasteiger partial charge in [-0.15, -0.1) is 0 Å². The number of ether oxygens (including phenoxy) is 4. The maximum atomic E-state index is 12.2. The summed E-state index contributed by atoms with van der Waals surface area (Å²) in [5, 5.41) is 0. The summed E-state index contributed by atoms with van der Waals surface area (Å²) in [7, 11) is 7.04. The zero-order valence-electron chi connectivity index (χ0n) is 19.1. The SMILES string of the molecule is CCCCCCCC(=O)O[C@@H]1C[C@H](OC(=O)CN(C)C)O[C@@H]1COC(=O)CN(C)C. The lowest BCUT2D eigenvalue weighted by molar-refractivity contribution is -0.183. The van der Waals surface area contributed by atoms with Crippen molar-refractivity contribution < 1.29 is 33.3 Å². The van der Waals surface area contributed by atoms with E-state index < -0.39 is 30.4 Å². The number of hydrogen-bond donors (Lipinski definition) is 0. The van der Waals surface area contributed by atoms with Crippen molar-refractivity contribution in [3.8, 4) is 0 Å². The molecule has 0 aromatic carbocycles. The van der Waals surface area contributed by atoms with E-state index in [-0.39, 0.29) is 32.1 Å². The third kappa shape index (κ3) is 11.5. The first kappa shape index (κ1) is 26.3. The highest BCUT2D eigenvalue weighted by molar-refractivity contribution is 5.72. The zero-order valence-corrected chi connectivity index (χ0v) is 19.1. The van der Waals surface area contributed by atoms with Crippen LogP contribution in [0.3, 0.4) is 0 Å². The van der Waals surface area contributed by atoms with Crippen molar-refractivity contribution in [3.05, 3.63) is 0 Å². The summed E-state index contributed by atoms with van der Waals surface area (Å²) >= 11 is 0. The van der Waals surface area contributed by atoms with Gasteiger partial charge in [-0.05, 0) is 34.6 Å². The molecule has 1 fully saturated rings. The molecule has 1 aliphatic heterocycles. The molecule has 3 atom stereocenters. The van der Waals surface area contributed by atoms with Crippen molar-refractivity contribution in [2.45, 2.75) is 70.4 Å². The average molecular weight is 431 g/mol. The fourth-order valence-electron chi connectivity index (χ4n) is 3.05. The van der Waals surface area contributed by atoms with Crippen molar-refractivity contribution in [2.24, 2.45) is 0 Å². The van der Waals surface area contributed by atoms with Crippen LogP contribution in [0.2, 0.25) is 0 Å². The Kier molecular flexibility index (Phi) is 12.6. The van der Waals surface area contributed by atoms with Gasteiger partial charge in [0.15, 0.2) is 0 Å². The second-order valence-corrected chi connectivity index (χ2v) is 8.18. The number of nitrogens with zero attached hydrogens (tertiary/aromatic N) is 2. The first-order valence-electron chi connectivity index (χ1n) is 10.7. The smallest absolute Gasteiger partial charge is 0.322 e. The molecule has 0 aromatic heterocycles. The molecule has 0 radical (unpaired) electrons. The van der Waals surface area contributed by atoms with E-state index in [9.17, 15) is 14.4 Å². The van der Waals surface area contributed by atoms with Gasteiger partial charge in [-0.25, -0.2) is 0 Å². The molecule has 1 saturated heterocycles. The summed E-state index contributed by atoms with van der Waals surface area (Å²) in [6, 6.07) is 0. The Morgan fingerprint density at radius 2 is 1.50 bits per heavy atom. The molecule has 174 valence electrons. The van der Waals surface area contributed by atoms with Gasteiger partial charge in [0.25, 0.3) is 0 Å². The standard InChI is InChI=1S/C21H38N2O7/c1-6-7-8-9-10-11-18(24)28-16-12-21(30-20(26)14-23(4)5)29-17(16)15-27-19(25)13-22(2)3/h16-17,21H,6-15H2,1-5H3/t16-,17-,21+/m1/s1. The lowest BCUT2D eigenvalue weighted by Crippen LogP contribution is -2.34. The highest BCUT2D eigenvalue weighted by Gasteiger charge is 2.40. The van der Waals surface area contributed by atoms with Crippen molar-refractivity contribution >= 4 is 17.9 Å². The second kappa shape index (κ2) is 14.3. The van der Waals surface area contributed by atoms with Gasteiger partial charge >= 0.3 is 17.9 Å². The monoisotopic (exact) mass is 430 g/mol. The van der Waals surface area contributed by atoms with Crippen LogP contribution in [0.5, 0.6) is 0 Å². The predicted octanol–water partition coefficient (Wildman–Crippen LogP) is 1.58. The maximum absolute atomic E-state index is 12.2. The zero-order chi connectivity index (χ0) is 22.5. The number of hydrogen-bond acceptors (Lipinski definition) is 9. The molecule has 0 bridgehead atoms. The van der Waals surface area contributed by atoms with E-state index in [1.807, 2.05) is 0 Å². The lowest BCUT2D eigenvalue weighted by atomic mass is 10.1. The Balaban J connectivity index is 2.56. The average Bonchev–Trinajstić information content (AvgIpc) is 2.99. The van der Waals surface area contributed by atoms with E-state index in [0.29, 0.717) is 6.42 Å². The molecule has 0 N–H and O–H groups in total. The first-order valence-corrected chi connectivity index (χ1v) is 10.7. The Labute approximate surface area is 179 Å². The minimum absolute atomic E-state index is 0.0666. The molecule has 9 heteroatoms. The molecule has 0 amide bonds. The number of likely N-dealkylation sites (N-methyl/N-ethyl adjacent to an activating group) is 2. The largest absolute Gasteiger partial charge is 0.462 e. The lowest BCUT2D eigenvalue weighted by Gasteiger charge is -2.19. The molecule has 0 aliphatic carbocycles. The van der Waals surface area contributed by atoms with Gasteiger partial charge in [0.1, 0.15) is 18.8 Å². The Hall–Kier alpha value is -1.71. The molecule has 9 nitrogen and oxygen atoms in total. The number of carbonyl (C=O) groups is 3. The fraction of sp³-hybridized carbons (Fsp3) is 0.857. The van der Waals surface area contributed by atoms with Crippen LogP contribution in [0, 0.1) is 0 Å². The van der Waals surface area contributed by atoms with E-state index in [1.54, 1.807) is 38.0 Å². The normalized spacial score (nSPS) is 21.1.